The highest BCUT2D eigenvalue weighted by molar-refractivity contribution is 6.30. The summed E-state index contributed by atoms with van der Waals surface area (Å²) < 4.78 is 20.5. The number of aliphatic imine (C=N–C) groups is 1. The number of rotatable bonds is 4. The minimum atomic E-state index is -0.488. The number of ether oxygens (including phenoxy) is 1. The molecule has 1 aliphatic heterocycles. The van der Waals surface area contributed by atoms with Crippen LogP contribution in [-0.2, 0) is 4.74 Å². The molecule has 27 heavy (non-hydrogen) atoms. The molecule has 1 aliphatic rings. The van der Waals surface area contributed by atoms with Gasteiger partial charge in [0, 0.05) is 10.6 Å². The van der Waals surface area contributed by atoms with Gasteiger partial charge in [-0.2, -0.15) is 5.10 Å². The molecule has 0 atom stereocenters. The molecule has 6 nitrogen and oxygen atoms in total. The Bertz CT molecular complexity index is 1030. The van der Waals surface area contributed by atoms with Gasteiger partial charge < -0.3 is 10.1 Å². The zero-order valence-electron chi connectivity index (χ0n) is 14.0. The minimum absolute atomic E-state index is 0.194. The molecule has 2 aromatic carbocycles. The van der Waals surface area contributed by atoms with E-state index in [-0.39, 0.29) is 5.56 Å². The van der Waals surface area contributed by atoms with Crippen molar-refractivity contribution in [3.63, 3.8) is 0 Å². The van der Waals surface area contributed by atoms with Gasteiger partial charge in [0.15, 0.2) is 0 Å². The summed E-state index contributed by atoms with van der Waals surface area (Å²) >= 11 is 5.95. The van der Waals surface area contributed by atoms with Crippen LogP contribution in [0.1, 0.15) is 15.9 Å². The van der Waals surface area contributed by atoms with Crippen LogP contribution < -0.4 is 5.32 Å². The molecule has 0 saturated carbocycles. The van der Waals surface area contributed by atoms with E-state index in [0.717, 1.165) is 0 Å². The number of amides is 1. The average Bonchev–Trinajstić information content (AvgIpc) is 3.32. The second kappa shape index (κ2) is 7.20. The van der Waals surface area contributed by atoms with Crippen molar-refractivity contribution >= 4 is 29.2 Å². The van der Waals surface area contributed by atoms with Crippen LogP contribution in [0.15, 0.2) is 59.7 Å². The standard InChI is InChI=1S/C19H14ClFN4O2/c20-13-4-6-15(7-5-13)25-17(16(11-23-25)19-22-8-9-27-19)24-18(26)12-2-1-3-14(21)10-12/h1-7,10-11H,8-9H2,(H,24,26). The fourth-order valence-electron chi connectivity index (χ4n) is 2.71. The molecule has 1 aromatic heterocycles. The van der Waals surface area contributed by atoms with Crippen LogP contribution in [0.3, 0.4) is 0 Å². The summed E-state index contributed by atoms with van der Waals surface area (Å²) in [5.41, 5.74) is 1.44. The van der Waals surface area contributed by atoms with Crippen molar-refractivity contribution in [2.24, 2.45) is 4.99 Å². The van der Waals surface area contributed by atoms with Gasteiger partial charge in [0.1, 0.15) is 18.2 Å². The fraction of sp³-hybridized carbons (Fsp3) is 0.105. The maximum atomic E-state index is 13.5. The molecule has 1 amide bonds. The van der Waals surface area contributed by atoms with Gasteiger partial charge in [-0.15, -0.1) is 0 Å². The van der Waals surface area contributed by atoms with Crippen LogP contribution >= 0.6 is 11.6 Å². The summed E-state index contributed by atoms with van der Waals surface area (Å²) in [5, 5.41) is 7.73. The van der Waals surface area contributed by atoms with Crippen LogP contribution in [0.25, 0.3) is 5.69 Å². The predicted molar refractivity (Wildman–Crippen MR) is 100 cm³/mol. The van der Waals surface area contributed by atoms with Gasteiger partial charge >= 0.3 is 0 Å². The second-order valence-electron chi connectivity index (χ2n) is 5.79. The van der Waals surface area contributed by atoms with E-state index < -0.39 is 11.7 Å². The highest BCUT2D eigenvalue weighted by atomic mass is 35.5. The molecular weight excluding hydrogens is 371 g/mol. The smallest absolute Gasteiger partial charge is 0.256 e. The van der Waals surface area contributed by atoms with E-state index in [2.05, 4.69) is 15.4 Å². The number of carbonyl (C=O) groups is 1. The van der Waals surface area contributed by atoms with Gasteiger partial charge in [0.05, 0.1) is 24.0 Å². The Morgan fingerprint density at radius 3 is 2.74 bits per heavy atom. The van der Waals surface area contributed by atoms with Crippen LogP contribution in [-0.4, -0.2) is 34.7 Å². The third-order valence-electron chi connectivity index (χ3n) is 3.98. The Kier molecular flexibility index (Phi) is 4.60. The van der Waals surface area contributed by atoms with Gasteiger partial charge in [0.25, 0.3) is 5.91 Å². The van der Waals surface area contributed by atoms with E-state index >= 15 is 0 Å². The van der Waals surface area contributed by atoms with Gasteiger partial charge in [0.2, 0.25) is 5.90 Å². The molecule has 3 aromatic rings. The third kappa shape index (κ3) is 3.54. The number of carbonyl (C=O) groups excluding carboxylic acids is 1. The molecular formula is C19H14ClFN4O2. The Labute approximate surface area is 159 Å². The predicted octanol–water partition coefficient (Wildman–Crippen LogP) is 3.69. The minimum Gasteiger partial charge on any atom is -0.475 e. The highest BCUT2D eigenvalue weighted by Gasteiger charge is 2.22. The van der Waals surface area contributed by atoms with Crippen molar-refractivity contribution in [3.8, 4) is 5.69 Å². The summed E-state index contributed by atoms with van der Waals surface area (Å²) in [5.74, 6) is -0.167. The van der Waals surface area contributed by atoms with Crippen molar-refractivity contribution in [2.75, 3.05) is 18.5 Å². The van der Waals surface area contributed by atoms with Crippen LogP contribution in [0.4, 0.5) is 10.2 Å². The molecule has 0 spiro atoms. The second-order valence-corrected chi connectivity index (χ2v) is 6.23. The first-order valence-corrected chi connectivity index (χ1v) is 8.58. The fourth-order valence-corrected chi connectivity index (χ4v) is 2.84. The quantitative estimate of drug-likeness (QED) is 0.745. The lowest BCUT2D eigenvalue weighted by atomic mass is 10.2. The molecule has 4 rings (SSSR count). The molecule has 136 valence electrons. The zero-order chi connectivity index (χ0) is 18.8. The van der Waals surface area contributed by atoms with Crippen LogP contribution in [0.2, 0.25) is 5.02 Å². The maximum absolute atomic E-state index is 13.5. The third-order valence-corrected chi connectivity index (χ3v) is 4.23. The molecule has 8 heteroatoms. The Hall–Kier alpha value is -3.19. The highest BCUT2D eigenvalue weighted by Crippen LogP contribution is 2.24. The van der Waals surface area contributed by atoms with Crippen molar-refractivity contribution < 1.29 is 13.9 Å². The van der Waals surface area contributed by atoms with Crippen LogP contribution in [0.5, 0.6) is 0 Å². The number of nitrogens with zero attached hydrogens (tertiary/aromatic N) is 3. The summed E-state index contributed by atoms with van der Waals surface area (Å²) in [7, 11) is 0. The summed E-state index contributed by atoms with van der Waals surface area (Å²) in [6.45, 7) is 1.01. The average molecular weight is 385 g/mol. The number of hydrogen-bond acceptors (Lipinski definition) is 4. The molecule has 0 bridgehead atoms. The molecule has 0 unspecified atom stereocenters. The molecule has 0 fully saturated rings. The summed E-state index contributed by atoms with van der Waals surface area (Å²) in [6.07, 6.45) is 1.57. The van der Waals surface area contributed by atoms with Gasteiger partial charge in [-0.1, -0.05) is 17.7 Å². The van der Waals surface area contributed by atoms with Crippen molar-refractivity contribution in [1.82, 2.24) is 9.78 Å². The summed E-state index contributed by atoms with van der Waals surface area (Å²) in [6, 6.07) is 12.4. The van der Waals surface area contributed by atoms with E-state index in [4.69, 9.17) is 16.3 Å². The lowest BCUT2D eigenvalue weighted by Gasteiger charge is -2.11. The van der Waals surface area contributed by atoms with Crippen LogP contribution in [0, 0.1) is 5.82 Å². The van der Waals surface area contributed by atoms with E-state index in [1.807, 2.05) is 0 Å². The Morgan fingerprint density at radius 2 is 2.04 bits per heavy atom. The Balaban J connectivity index is 1.75. The first-order chi connectivity index (χ1) is 13.1. The molecule has 0 aliphatic carbocycles. The van der Waals surface area contributed by atoms with Crippen molar-refractivity contribution in [1.29, 1.82) is 0 Å². The first kappa shape index (κ1) is 17.2. The van der Waals surface area contributed by atoms with Gasteiger partial charge in [-0.25, -0.2) is 14.1 Å². The topological polar surface area (TPSA) is 68.5 Å². The van der Waals surface area contributed by atoms with Crippen molar-refractivity contribution in [2.45, 2.75) is 0 Å². The lowest BCUT2D eigenvalue weighted by molar-refractivity contribution is 0.102. The van der Waals surface area contributed by atoms with Gasteiger partial charge in [-0.05, 0) is 42.5 Å². The number of aromatic nitrogens is 2. The van der Waals surface area contributed by atoms with E-state index in [0.29, 0.717) is 41.1 Å². The van der Waals surface area contributed by atoms with E-state index in [1.54, 1.807) is 35.1 Å². The number of anilines is 1. The number of nitrogens with one attached hydrogen (secondary N) is 1. The lowest BCUT2D eigenvalue weighted by Crippen LogP contribution is -2.18. The SMILES string of the molecule is O=C(Nc1c(C2=NCCO2)cnn1-c1ccc(Cl)cc1)c1cccc(F)c1. The summed E-state index contributed by atoms with van der Waals surface area (Å²) in [4.78, 5) is 16.9. The maximum Gasteiger partial charge on any atom is 0.256 e. The van der Waals surface area contributed by atoms with E-state index in [9.17, 15) is 9.18 Å². The Morgan fingerprint density at radius 1 is 1.22 bits per heavy atom. The van der Waals surface area contributed by atoms with Crippen molar-refractivity contribution in [3.05, 3.63) is 76.7 Å². The monoisotopic (exact) mass is 384 g/mol. The molecule has 0 radical (unpaired) electrons. The molecule has 1 N–H and O–H groups in total. The first-order valence-electron chi connectivity index (χ1n) is 8.20. The van der Waals surface area contributed by atoms with E-state index in [1.165, 1.54) is 24.3 Å². The van der Waals surface area contributed by atoms with Gasteiger partial charge in [-0.3, -0.25) is 4.79 Å². The number of benzene rings is 2. The molecule has 0 saturated heterocycles. The number of halogens is 2. The number of hydrogen-bond donors (Lipinski definition) is 1. The zero-order valence-corrected chi connectivity index (χ0v) is 14.8. The normalized spacial score (nSPS) is 13.2. The largest absolute Gasteiger partial charge is 0.475 e. The molecule has 2 heterocycles.